The lowest BCUT2D eigenvalue weighted by atomic mass is 10.1. The first-order valence-electron chi connectivity index (χ1n) is 10.9. The van der Waals surface area contributed by atoms with Crippen molar-refractivity contribution in [1.29, 1.82) is 0 Å². The average Bonchev–Trinajstić information content (AvgIpc) is 3.25. The Kier molecular flexibility index (Phi) is 6.75. The number of carbonyl (C=O) groups excluding carboxylic acids is 2. The Morgan fingerprint density at radius 2 is 1.75 bits per heavy atom. The van der Waals surface area contributed by atoms with Crippen LogP contribution in [0.4, 0.5) is 0 Å². The van der Waals surface area contributed by atoms with Crippen LogP contribution in [0.25, 0.3) is 17.3 Å². The molecule has 3 heterocycles. The summed E-state index contributed by atoms with van der Waals surface area (Å²) >= 11 is 0. The number of piperazine rings is 1. The zero-order valence-corrected chi connectivity index (χ0v) is 18.2. The Morgan fingerprint density at radius 1 is 1.00 bits per heavy atom. The quantitative estimate of drug-likeness (QED) is 0.565. The van der Waals surface area contributed by atoms with Gasteiger partial charge in [-0.1, -0.05) is 37.3 Å². The highest BCUT2D eigenvalue weighted by atomic mass is 16.2. The molecule has 7 heteroatoms. The van der Waals surface area contributed by atoms with Crippen LogP contribution in [0.1, 0.15) is 24.5 Å². The molecule has 1 aliphatic heterocycles. The molecule has 0 spiro atoms. The standard InChI is InChI=1S/C25H27N5O2/c1-2-23(31)28-13-15-29(16-14-28)24(32)11-10-22-19-30(18-20-7-4-3-5-8-20)27-25(22)21-9-6-12-26-17-21/h3-12,17,19H,2,13-16,18H2,1H3/b11-10+. The monoisotopic (exact) mass is 429 g/mol. The number of amides is 2. The van der Waals surface area contributed by atoms with Gasteiger partial charge in [-0.2, -0.15) is 5.10 Å². The first-order valence-corrected chi connectivity index (χ1v) is 10.9. The fourth-order valence-electron chi connectivity index (χ4n) is 3.80. The van der Waals surface area contributed by atoms with Crippen LogP contribution in [0.2, 0.25) is 0 Å². The molecule has 0 unspecified atom stereocenters. The molecule has 0 saturated carbocycles. The maximum atomic E-state index is 12.8. The summed E-state index contributed by atoms with van der Waals surface area (Å²) < 4.78 is 1.89. The number of pyridine rings is 1. The lowest BCUT2D eigenvalue weighted by molar-refractivity contribution is -0.136. The summed E-state index contributed by atoms with van der Waals surface area (Å²) in [6.45, 7) is 4.78. The zero-order chi connectivity index (χ0) is 22.3. The summed E-state index contributed by atoms with van der Waals surface area (Å²) in [5, 5.41) is 4.76. The summed E-state index contributed by atoms with van der Waals surface area (Å²) in [7, 11) is 0. The van der Waals surface area contributed by atoms with Crippen LogP contribution in [0, 0.1) is 0 Å². The molecule has 0 radical (unpaired) electrons. The third kappa shape index (κ3) is 5.11. The van der Waals surface area contributed by atoms with Gasteiger partial charge in [-0.15, -0.1) is 0 Å². The van der Waals surface area contributed by atoms with Crippen molar-refractivity contribution >= 4 is 17.9 Å². The van der Waals surface area contributed by atoms with Gasteiger partial charge in [0.2, 0.25) is 11.8 Å². The summed E-state index contributed by atoms with van der Waals surface area (Å²) in [5.41, 5.74) is 3.70. The van der Waals surface area contributed by atoms with Crippen molar-refractivity contribution in [3.63, 3.8) is 0 Å². The van der Waals surface area contributed by atoms with Gasteiger partial charge in [0.05, 0.1) is 6.54 Å². The normalized spacial score (nSPS) is 14.2. The smallest absolute Gasteiger partial charge is 0.246 e. The van der Waals surface area contributed by atoms with Crippen molar-refractivity contribution in [3.8, 4) is 11.3 Å². The molecule has 7 nitrogen and oxygen atoms in total. The highest BCUT2D eigenvalue weighted by molar-refractivity contribution is 5.93. The number of benzene rings is 1. The number of hydrogen-bond donors (Lipinski definition) is 0. The zero-order valence-electron chi connectivity index (χ0n) is 18.2. The Labute approximate surface area is 188 Å². The average molecular weight is 430 g/mol. The van der Waals surface area contributed by atoms with Crippen LogP contribution in [0.15, 0.2) is 67.1 Å². The molecule has 0 atom stereocenters. The SMILES string of the molecule is CCC(=O)N1CCN(C(=O)/C=C/c2cn(Cc3ccccc3)nc2-c2cccnc2)CC1. The first-order chi connectivity index (χ1) is 15.6. The van der Waals surface area contributed by atoms with E-state index in [1.54, 1.807) is 23.4 Å². The van der Waals surface area contributed by atoms with Gasteiger partial charge in [-0.05, 0) is 23.8 Å². The topological polar surface area (TPSA) is 71.3 Å². The lowest BCUT2D eigenvalue weighted by Crippen LogP contribution is -2.50. The summed E-state index contributed by atoms with van der Waals surface area (Å²) in [5.74, 6) is 0.0844. The molecule has 2 amide bonds. The van der Waals surface area contributed by atoms with Crippen molar-refractivity contribution in [2.75, 3.05) is 26.2 Å². The number of rotatable bonds is 6. The Balaban J connectivity index is 1.51. The second kappa shape index (κ2) is 10.0. The Hall–Kier alpha value is -3.74. The number of nitrogens with zero attached hydrogens (tertiary/aromatic N) is 5. The van der Waals surface area contributed by atoms with Crippen LogP contribution < -0.4 is 0 Å². The highest BCUT2D eigenvalue weighted by Crippen LogP contribution is 2.23. The minimum atomic E-state index is -0.0541. The Morgan fingerprint density at radius 3 is 2.44 bits per heavy atom. The molecule has 1 aliphatic rings. The van der Waals surface area contributed by atoms with Crippen LogP contribution in [0.5, 0.6) is 0 Å². The summed E-state index contributed by atoms with van der Waals surface area (Å²) in [6.07, 6.45) is 9.38. The van der Waals surface area contributed by atoms with Crippen molar-refractivity contribution in [2.24, 2.45) is 0 Å². The van der Waals surface area contributed by atoms with E-state index in [1.807, 2.05) is 59.1 Å². The van der Waals surface area contributed by atoms with Gasteiger partial charge < -0.3 is 9.80 Å². The number of carbonyl (C=O) groups is 2. The van der Waals surface area contributed by atoms with Crippen molar-refractivity contribution in [1.82, 2.24) is 24.6 Å². The van der Waals surface area contributed by atoms with Crippen molar-refractivity contribution in [3.05, 3.63) is 78.3 Å². The lowest BCUT2D eigenvalue weighted by Gasteiger charge is -2.34. The molecule has 0 aliphatic carbocycles. The molecule has 32 heavy (non-hydrogen) atoms. The van der Waals surface area contributed by atoms with Crippen LogP contribution in [-0.4, -0.2) is 62.6 Å². The van der Waals surface area contributed by atoms with E-state index >= 15 is 0 Å². The third-order valence-corrected chi connectivity index (χ3v) is 5.56. The maximum absolute atomic E-state index is 12.8. The molecule has 3 aromatic rings. The predicted octanol–water partition coefficient (Wildman–Crippen LogP) is 3.09. The van der Waals surface area contributed by atoms with Gasteiger partial charge in [0.1, 0.15) is 5.69 Å². The molecule has 4 rings (SSSR count). The summed E-state index contributed by atoms with van der Waals surface area (Å²) in [6, 6.07) is 14.0. The molecular formula is C25H27N5O2. The molecule has 0 N–H and O–H groups in total. The molecule has 1 fully saturated rings. The van der Waals surface area contributed by atoms with Crippen LogP contribution in [0.3, 0.4) is 0 Å². The molecule has 1 aromatic carbocycles. The maximum Gasteiger partial charge on any atom is 0.246 e. The van der Waals surface area contributed by atoms with E-state index in [4.69, 9.17) is 5.10 Å². The number of aromatic nitrogens is 3. The molecule has 0 bridgehead atoms. The minimum absolute atomic E-state index is 0.0541. The molecule has 164 valence electrons. The van der Waals surface area contributed by atoms with E-state index in [0.29, 0.717) is 39.1 Å². The van der Waals surface area contributed by atoms with Gasteiger partial charge >= 0.3 is 0 Å². The minimum Gasteiger partial charge on any atom is -0.339 e. The predicted molar refractivity (Wildman–Crippen MR) is 123 cm³/mol. The highest BCUT2D eigenvalue weighted by Gasteiger charge is 2.22. The van der Waals surface area contributed by atoms with Crippen LogP contribution >= 0.6 is 0 Å². The van der Waals surface area contributed by atoms with Crippen molar-refractivity contribution in [2.45, 2.75) is 19.9 Å². The van der Waals surface area contributed by atoms with E-state index in [0.717, 1.165) is 22.4 Å². The largest absolute Gasteiger partial charge is 0.339 e. The van der Waals surface area contributed by atoms with Crippen LogP contribution in [-0.2, 0) is 16.1 Å². The van der Waals surface area contributed by atoms with Gasteiger partial charge in [0.25, 0.3) is 0 Å². The van der Waals surface area contributed by atoms with Gasteiger partial charge in [-0.25, -0.2) is 0 Å². The first kappa shape index (κ1) is 21.5. The van der Waals surface area contributed by atoms with E-state index in [1.165, 1.54) is 0 Å². The number of hydrogen-bond acceptors (Lipinski definition) is 4. The van der Waals surface area contributed by atoms with Gasteiger partial charge in [-0.3, -0.25) is 19.3 Å². The molecular weight excluding hydrogens is 402 g/mol. The van der Waals surface area contributed by atoms with Gasteiger partial charge in [0.15, 0.2) is 0 Å². The second-order valence-corrected chi connectivity index (χ2v) is 7.75. The fourth-order valence-corrected chi connectivity index (χ4v) is 3.80. The van der Waals surface area contributed by atoms with Gasteiger partial charge in [0, 0.05) is 68.4 Å². The molecule has 2 aromatic heterocycles. The fraction of sp³-hybridized carbons (Fsp3) is 0.280. The Bertz CT molecular complexity index is 1080. The van der Waals surface area contributed by atoms with E-state index in [9.17, 15) is 9.59 Å². The second-order valence-electron chi connectivity index (χ2n) is 7.75. The summed E-state index contributed by atoms with van der Waals surface area (Å²) in [4.78, 5) is 32.4. The molecule has 1 saturated heterocycles. The van der Waals surface area contributed by atoms with E-state index in [2.05, 4.69) is 17.1 Å². The van der Waals surface area contributed by atoms with E-state index in [-0.39, 0.29) is 11.8 Å². The van der Waals surface area contributed by atoms with Crippen molar-refractivity contribution < 1.29 is 9.59 Å². The van der Waals surface area contributed by atoms with E-state index < -0.39 is 0 Å². The third-order valence-electron chi connectivity index (χ3n) is 5.56.